The van der Waals surface area contributed by atoms with Crippen LogP contribution in [0.1, 0.15) is 68.7 Å². The number of hydrogen-bond acceptors (Lipinski definition) is 12. The van der Waals surface area contributed by atoms with Gasteiger partial charge >= 0.3 is 36.2 Å². The smallest absolute Gasteiger partial charge is 0.389 e. The van der Waals surface area contributed by atoms with Gasteiger partial charge < -0.3 is 39.9 Å². The molecule has 0 fully saturated rings. The lowest BCUT2D eigenvalue weighted by molar-refractivity contribution is -0.139. The molecule has 374 valence electrons. The number of alkyl halides is 6. The second kappa shape index (κ2) is 24.8. The number of halogens is 6. The van der Waals surface area contributed by atoms with Gasteiger partial charge in [0.25, 0.3) is 0 Å². The highest BCUT2D eigenvalue weighted by Crippen LogP contribution is 2.32. The monoisotopic (exact) mass is 996 g/mol. The fourth-order valence-electron chi connectivity index (χ4n) is 6.64. The Morgan fingerprint density at radius 2 is 0.806 bits per heavy atom. The van der Waals surface area contributed by atoms with Crippen molar-refractivity contribution in [1.82, 2.24) is 0 Å². The average Bonchev–Trinajstić information content (AvgIpc) is 3.35. The number of hydrogen-bond donors (Lipinski definition) is 2. The molecule has 0 saturated heterocycles. The van der Waals surface area contributed by atoms with Gasteiger partial charge in [0.1, 0.15) is 36.2 Å². The number of anilines is 2. The molecule has 0 amide bonds. The fraction of sp³-hybridized carbons (Fsp3) is 0.185. The lowest BCUT2D eigenvalue weighted by Crippen LogP contribution is -2.10. The molecular formula is C54H46F6N2O10. The van der Waals surface area contributed by atoms with Crippen molar-refractivity contribution in [3.8, 4) is 34.1 Å². The van der Waals surface area contributed by atoms with E-state index in [9.17, 15) is 45.5 Å². The SMILES string of the molecule is Nc1ccc(-c2ccc(N)cc2COC(=O)C=Cc2ccc(OC(=O)c3ccc(OCCCC(F)(F)F)cc3)cc2)c(COC(=O)C=Cc2ccc(OC(=O)c3ccc(OCCCC(F)(F)F)cc3)cc2)c1. The molecule has 6 aromatic carbocycles. The zero-order chi connectivity index (χ0) is 51.7. The molecule has 6 aromatic rings. The number of carbonyl (C=O) groups excluding carboxylic acids is 4. The van der Waals surface area contributed by atoms with Gasteiger partial charge in [0.15, 0.2) is 0 Å². The van der Waals surface area contributed by atoms with Gasteiger partial charge in [-0.05, 0) is 155 Å². The van der Waals surface area contributed by atoms with Crippen molar-refractivity contribution in [3.05, 3.63) is 179 Å². The maximum Gasteiger partial charge on any atom is 0.389 e. The first-order chi connectivity index (χ1) is 34.4. The van der Waals surface area contributed by atoms with Gasteiger partial charge in [-0.15, -0.1) is 0 Å². The summed E-state index contributed by atoms with van der Waals surface area (Å²) in [4.78, 5) is 51.0. The van der Waals surface area contributed by atoms with E-state index in [1.807, 2.05) is 0 Å². The van der Waals surface area contributed by atoms with Gasteiger partial charge in [-0.3, -0.25) is 0 Å². The minimum atomic E-state index is -4.26. The normalized spacial score (nSPS) is 11.6. The summed E-state index contributed by atoms with van der Waals surface area (Å²) < 4.78 is 107. The van der Waals surface area contributed by atoms with Crippen LogP contribution in [0.25, 0.3) is 23.3 Å². The fourth-order valence-corrected chi connectivity index (χ4v) is 6.64. The van der Waals surface area contributed by atoms with Crippen molar-refractivity contribution < 1.29 is 73.9 Å². The Balaban J connectivity index is 0.972. The Bertz CT molecular complexity index is 2670. The van der Waals surface area contributed by atoms with Crippen LogP contribution in [-0.2, 0) is 32.3 Å². The number of nitrogens with two attached hydrogens (primary N) is 2. The number of rotatable bonds is 21. The lowest BCUT2D eigenvalue weighted by Gasteiger charge is -2.15. The molecule has 0 aliphatic rings. The van der Waals surface area contributed by atoms with E-state index in [-0.39, 0.29) is 61.9 Å². The average molecular weight is 997 g/mol. The van der Waals surface area contributed by atoms with E-state index in [0.29, 0.717) is 56.3 Å². The van der Waals surface area contributed by atoms with Crippen molar-refractivity contribution in [1.29, 1.82) is 0 Å². The summed E-state index contributed by atoms with van der Waals surface area (Å²) in [7, 11) is 0. The standard InChI is InChI=1S/C54H46F6N2O10/c55-53(56,57)27-1-29-67-43-19-9-37(10-20-43)51(65)71-45-15-3-35(4-16-45)7-25-49(63)69-33-39-31-41(61)13-23-47(39)48-24-14-42(62)32-40(48)34-70-50(64)26-8-36-5-17-46(18-6-36)72-52(66)38-11-21-44(22-12-38)68-30-2-28-54(58,59)60/h3-26,31-32H,1-2,27-30,33-34,61-62H2. The van der Waals surface area contributed by atoms with Crippen molar-refractivity contribution in [3.63, 3.8) is 0 Å². The first kappa shape index (κ1) is 52.8. The Hall–Kier alpha value is -8.54. The zero-order valence-electron chi connectivity index (χ0n) is 38.2. The molecule has 18 heteroatoms. The molecule has 72 heavy (non-hydrogen) atoms. The molecule has 0 heterocycles. The molecule has 0 aromatic heterocycles. The molecule has 0 radical (unpaired) electrons. The van der Waals surface area contributed by atoms with E-state index in [1.165, 1.54) is 97.1 Å². The van der Waals surface area contributed by atoms with Crippen LogP contribution in [-0.4, -0.2) is 49.4 Å². The van der Waals surface area contributed by atoms with E-state index in [4.69, 9.17) is 39.9 Å². The maximum absolute atomic E-state index is 12.9. The molecule has 0 bridgehead atoms. The van der Waals surface area contributed by atoms with Crippen molar-refractivity contribution >= 4 is 47.4 Å². The van der Waals surface area contributed by atoms with Gasteiger partial charge in [0.05, 0.1) is 24.3 Å². The lowest BCUT2D eigenvalue weighted by atomic mass is 9.95. The highest BCUT2D eigenvalue weighted by atomic mass is 19.4. The van der Waals surface area contributed by atoms with Crippen LogP contribution in [0.4, 0.5) is 37.7 Å². The van der Waals surface area contributed by atoms with E-state index in [2.05, 4.69) is 0 Å². The van der Waals surface area contributed by atoms with Crippen LogP contribution in [0.5, 0.6) is 23.0 Å². The number of benzene rings is 6. The molecule has 0 saturated carbocycles. The van der Waals surface area contributed by atoms with Crippen molar-refractivity contribution in [2.75, 3.05) is 24.7 Å². The maximum atomic E-state index is 12.9. The molecular weight excluding hydrogens is 951 g/mol. The van der Waals surface area contributed by atoms with Crippen molar-refractivity contribution in [2.24, 2.45) is 0 Å². The number of ether oxygens (including phenoxy) is 6. The summed E-state index contributed by atoms with van der Waals surface area (Å²) in [5.74, 6) is -1.59. The van der Waals surface area contributed by atoms with Crippen LogP contribution in [0.2, 0.25) is 0 Å². The molecule has 6 rings (SSSR count). The number of carbonyl (C=O) groups is 4. The molecule has 0 spiro atoms. The van der Waals surface area contributed by atoms with E-state index in [0.717, 1.165) is 0 Å². The highest BCUT2D eigenvalue weighted by molar-refractivity contribution is 5.92. The van der Waals surface area contributed by atoms with Gasteiger partial charge in [-0.2, -0.15) is 26.3 Å². The molecule has 0 aliphatic carbocycles. The highest BCUT2D eigenvalue weighted by Gasteiger charge is 2.27. The minimum Gasteiger partial charge on any atom is -0.494 e. The second-order valence-electron chi connectivity index (χ2n) is 15.8. The van der Waals surface area contributed by atoms with E-state index < -0.39 is 49.1 Å². The zero-order valence-corrected chi connectivity index (χ0v) is 38.2. The summed E-state index contributed by atoms with van der Waals surface area (Å²) in [6.07, 6.45) is -5.35. The van der Waals surface area contributed by atoms with E-state index >= 15 is 0 Å². The van der Waals surface area contributed by atoms with Crippen LogP contribution in [0.3, 0.4) is 0 Å². The van der Waals surface area contributed by atoms with Gasteiger partial charge in [0, 0.05) is 36.4 Å². The Kier molecular flexibility index (Phi) is 18.2. The molecule has 4 N–H and O–H groups in total. The van der Waals surface area contributed by atoms with Gasteiger partial charge in [0.2, 0.25) is 0 Å². The van der Waals surface area contributed by atoms with Crippen LogP contribution >= 0.6 is 0 Å². The largest absolute Gasteiger partial charge is 0.494 e. The van der Waals surface area contributed by atoms with Crippen LogP contribution in [0, 0.1) is 0 Å². The molecule has 12 nitrogen and oxygen atoms in total. The third-order valence-corrected chi connectivity index (χ3v) is 10.2. The van der Waals surface area contributed by atoms with Crippen LogP contribution in [0.15, 0.2) is 146 Å². The third kappa shape index (κ3) is 17.5. The Morgan fingerprint density at radius 3 is 1.15 bits per heavy atom. The molecule has 0 atom stereocenters. The van der Waals surface area contributed by atoms with Gasteiger partial charge in [-0.1, -0.05) is 36.4 Å². The van der Waals surface area contributed by atoms with Crippen LogP contribution < -0.4 is 30.4 Å². The number of esters is 4. The third-order valence-electron chi connectivity index (χ3n) is 10.2. The number of nitrogen functional groups attached to an aromatic ring is 2. The summed E-state index contributed by atoms with van der Waals surface area (Å²) in [6, 6.07) is 34.3. The minimum absolute atomic E-state index is 0.126. The summed E-state index contributed by atoms with van der Waals surface area (Å²) in [5, 5.41) is 0. The quantitative estimate of drug-likeness (QED) is 0.0175. The van der Waals surface area contributed by atoms with Gasteiger partial charge in [-0.25, -0.2) is 19.2 Å². The Labute approximate surface area is 409 Å². The molecule has 0 aliphatic heterocycles. The first-order valence-corrected chi connectivity index (χ1v) is 22.1. The summed E-state index contributed by atoms with van der Waals surface area (Å²) in [6.45, 7) is -0.594. The predicted molar refractivity (Wildman–Crippen MR) is 256 cm³/mol. The first-order valence-electron chi connectivity index (χ1n) is 22.1. The van der Waals surface area contributed by atoms with E-state index in [1.54, 1.807) is 60.7 Å². The van der Waals surface area contributed by atoms with Crippen molar-refractivity contribution in [2.45, 2.75) is 51.2 Å². The Morgan fingerprint density at radius 1 is 0.458 bits per heavy atom. The predicted octanol–water partition coefficient (Wildman–Crippen LogP) is 11.9. The summed E-state index contributed by atoms with van der Waals surface area (Å²) >= 11 is 0. The topological polar surface area (TPSA) is 176 Å². The second-order valence-corrected chi connectivity index (χ2v) is 15.8. The summed E-state index contributed by atoms with van der Waals surface area (Å²) in [5.41, 5.74) is 17.0. The molecule has 0 unspecified atom stereocenters.